The van der Waals surface area contributed by atoms with E-state index in [1.54, 1.807) is 0 Å². The molecule has 2 unspecified atom stereocenters. The number of allylic oxidation sites excluding steroid dienone is 4. The maximum absolute atomic E-state index is 12.6. The number of nitrogens with zero attached hydrogens (tertiary/aromatic N) is 1. The first-order valence-corrected chi connectivity index (χ1v) is 19.4. The van der Waals surface area contributed by atoms with E-state index in [1.807, 2.05) is 21.1 Å². The largest absolute Gasteiger partial charge is 0.477 e. The summed E-state index contributed by atoms with van der Waals surface area (Å²) in [5.41, 5.74) is 0. The van der Waals surface area contributed by atoms with Gasteiger partial charge in [-0.25, -0.2) is 4.79 Å². The fourth-order valence-electron chi connectivity index (χ4n) is 5.53. The third kappa shape index (κ3) is 29.9. The molecule has 0 aliphatic heterocycles. The summed E-state index contributed by atoms with van der Waals surface area (Å²) in [4.78, 5) is 36.6. The molecule has 8 nitrogen and oxygen atoms in total. The van der Waals surface area contributed by atoms with Crippen LogP contribution in [-0.4, -0.2) is 80.6 Å². The topological polar surface area (TPSA) is 99.1 Å². The average Bonchev–Trinajstić information content (AvgIpc) is 3.03. The number of hydrogen-bond donors (Lipinski definition) is 1. The van der Waals surface area contributed by atoms with Crippen LogP contribution in [0.25, 0.3) is 0 Å². The van der Waals surface area contributed by atoms with Crippen LogP contribution in [-0.2, 0) is 28.6 Å². The molecule has 48 heavy (non-hydrogen) atoms. The van der Waals surface area contributed by atoms with Crippen molar-refractivity contribution in [1.29, 1.82) is 0 Å². The van der Waals surface area contributed by atoms with Gasteiger partial charge < -0.3 is 23.8 Å². The number of aliphatic carboxylic acids is 1. The Morgan fingerprint density at radius 2 is 1.10 bits per heavy atom. The molecule has 8 heteroatoms. The summed E-state index contributed by atoms with van der Waals surface area (Å²) in [7, 11) is 5.51. The normalized spacial score (nSPS) is 13.3. The quantitative estimate of drug-likeness (QED) is 0.0313. The number of carbonyl (C=O) groups excluding carboxylic acids is 2. The van der Waals surface area contributed by atoms with Crippen molar-refractivity contribution in [2.45, 2.75) is 174 Å². The zero-order chi connectivity index (χ0) is 35.7. The van der Waals surface area contributed by atoms with E-state index in [4.69, 9.17) is 14.2 Å². The highest BCUT2D eigenvalue weighted by Crippen LogP contribution is 2.13. The highest BCUT2D eigenvalue weighted by molar-refractivity contribution is 5.72. The number of hydrogen-bond acceptors (Lipinski definition) is 6. The van der Waals surface area contributed by atoms with E-state index < -0.39 is 18.1 Å². The second-order valence-corrected chi connectivity index (χ2v) is 14.2. The van der Waals surface area contributed by atoms with E-state index >= 15 is 0 Å². The van der Waals surface area contributed by atoms with Gasteiger partial charge in [0.2, 0.25) is 0 Å². The number of rotatable bonds is 34. The van der Waals surface area contributed by atoms with Crippen LogP contribution in [0.3, 0.4) is 0 Å². The molecule has 0 heterocycles. The lowest BCUT2D eigenvalue weighted by Crippen LogP contribution is -2.50. The monoisotopic (exact) mass is 681 g/mol. The minimum atomic E-state index is -0.878. The minimum absolute atomic E-state index is 0.0525. The molecule has 0 rings (SSSR count). The van der Waals surface area contributed by atoms with Crippen molar-refractivity contribution in [2.24, 2.45) is 0 Å². The van der Waals surface area contributed by atoms with Crippen molar-refractivity contribution in [2.75, 3.05) is 41.0 Å². The van der Waals surface area contributed by atoms with E-state index in [9.17, 15) is 19.5 Å². The Labute approximate surface area is 294 Å². The molecule has 280 valence electrons. The molecular weight excluding hydrogens is 606 g/mol. The molecule has 0 saturated carbocycles. The highest BCUT2D eigenvalue weighted by atomic mass is 16.6. The van der Waals surface area contributed by atoms with Gasteiger partial charge in [0.25, 0.3) is 0 Å². The first-order chi connectivity index (χ1) is 23.1. The minimum Gasteiger partial charge on any atom is -0.477 e. The molecule has 0 saturated heterocycles. The van der Waals surface area contributed by atoms with Crippen LogP contribution in [0.15, 0.2) is 24.3 Å². The van der Waals surface area contributed by atoms with Crippen molar-refractivity contribution < 1.29 is 38.2 Å². The Balaban J connectivity index is 4.30. The summed E-state index contributed by atoms with van der Waals surface area (Å²) in [6, 6.07) is -0.611. The van der Waals surface area contributed by atoms with Gasteiger partial charge in [0.15, 0.2) is 12.1 Å². The van der Waals surface area contributed by atoms with Gasteiger partial charge in [-0.3, -0.25) is 9.59 Å². The molecule has 0 aromatic carbocycles. The number of carbonyl (C=O) groups is 3. The average molecular weight is 681 g/mol. The van der Waals surface area contributed by atoms with Gasteiger partial charge in [-0.2, -0.15) is 0 Å². The summed E-state index contributed by atoms with van der Waals surface area (Å²) >= 11 is 0. The molecule has 2 atom stereocenters. The van der Waals surface area contributed by atoms with E-state index in [2.05, 4.69) is 38.2 Å². The van der Waals surface area contributed by atoms with Gasteiger partial charge >= 0.3 is 17.9 Å². The summed E-state index contributed by atoms with van der Waals surface area (Å²) in [5, 5.41) is 9.56. The lowest BCUT2D eigenvalue weighted by Gasteiger charge is -2.31. The fourth-order valence-corrected chi connectivity index (χ4v) is 5.53. The van der Waals surface area contributed by atoms with Crippen molar-refractivity contribution in [3.63, 3.8) is 0 Å². The molecular formula is C40H74NO7+. The predicted octanol–water partition coefficient (Wildman–Crippen LogP) is 9.74. The SMILES string of the molecule is CCCCCC/C=C\C/C=C\CCCCCCCCCC(=O)OC(COCCC(C(=O)O)[N+](C)(C)C)COC(=O)CCCCCCCC. The van der Waals surface area contributed by atoms with Crippen LogP contribution >= 0.6 is 0 Å². The van der Waals surface area contributed by atoms with E-state index in [0.717, 1.165) is 51.4 Å². The molecule has 0 aromatic heterocycles. The Morgan fingerprint density at radius 3 is 1.62 bits per heavy atom. The number of likely N-dealkylation sites (N-methyl/N-ethyl adjacent to an activating group) is 1. The Bertz CT molecular complexity index is 849. The van der Waals surface area contributed by atoms with Crippen LogP contribution in [0, 0.1) is 0 Å². The Kier molecular flexibility index (Phi) is 30.6. The summed E-state index contributed by atoms with van der Waals surface area (Å²) in [5.74, 6) is -1.49. The van der Waals surface area contributed by atoms with E-state index in [-0.39, 0.29) is 36.2 Å². The van der Waals surface area contributed by atoms with Gasteiger partial charge in [0, 0.05) is 19.3 Å². The standard InChI is InChI=1S/C40H73NO7/c1-6-8-10-12-14-15-16-17-18-19-20-21-22-23-24-25-27-29-31-39(43)48-36(34-46-33-32-37(40(44)45)41(3,4)5)35-47-38(42)30-28-26-13-11-9-7-2/h15-16,18-19,36-37H,6-14,17,20-35H2,1-5H3/p+1/b16-15-,19-18-. The van der Waals surface area contributed by atoms with Crippen LogP contribution in [0.5, 0.6) is 0 Å². The van der Waals surface area contributed by atoms with E-state index in [0.29, 0.717) is 19.3 Å². The van der Waals surface area contributed by atoms with Gasteiger partial charge in [0.05, 0.1) is 34.4 Å². The van der Waals surface area contributed by atoms with Gasteiger partial charge in [0.1, 0.15) is 6.61 Å². The third-order valence-electron chi connectivity index (χ3n) is 8.60. The molecule has 0 aliphatic carbocycles. The van der Waals surface area contributed by atoms with E-state index in [1.165, 1.54) is 77.0 Å². The summed E-state index contributed by atoms with van der Waals surface area (Å²) < 4.78 is 17.1. The molecule has 0 aliphatic rings. The predicted molar refractivity (Wildman–Crippen MR) is 197 cm³/mol. The first-order valence-electron chi connectivity index (χ1n) is 19.4. The third-order valence-corrected chi connectivity index (χ3v) is 8.60. The molecule has 1 N–H and O–H groups in total. The number of carboxylic acid groups (broad SMARTS) is 1. The highest BCUT2D eigenvalue weighted by Gasteiger charge is 2.31. The molecule has 0 amide bonds. The van der Waals surface area contributed by atoms with Gasteiger partial charge in [-0.05, 0) is 44.9 Å². The molecule has 0 radical (unpaired) electrons. The maximum Gasteiger partial charge on any atom is 0.362 e. The Hall–Kier alpha value is -2.19. The van der Waals surface area contributed by atoms with Gasteiger partial charge in [-0.15, -0.1) is 0 Å². The number of ether oxygens (including phenoxy) is 3. The fraction of sp³-hybridized carbons (Fsp3) is 0.825. The van der Waals surface area contributed by atoms with Crippen LogP contribution in [0.1, 0.15) is 162 Å². The number of quaternary nitrogens is 1. The zero-order valence-electron chi connectivity index (χ0n) is 31.7. The Morgan fingerprint density at radius 1 is 0.625 bits per heavy atom. The summed E-state index contributed by atoms with van der Waals surface area (Å²) in [6.45, 7) is 4.64. The number of esters is 2. The van der Waals surface area contributed by atoms with Crippen LogP contribution < -0.4 is 0 Å². The van der Waals surface area contributed by atoms with Crippen molar-refractivity contribution in [1.82, 2.24) is 0 Å². The van der Waals surface area contributed by atoms with Crippen molar-refractivity contribution in [3.05, 3.63) is 24.3 Å². The molecule has 0 aromatic rings. The lowest BCUT2D eigenvalue weighted by molar-refractivity contribution is -0.887. The number of unbranched alkanes of at least 4 members (excludes halogenated alkanes) is 16. The lowest BCUT2D eigenvalue weighted by atomic mass is 10.1. The van der Waals surface area contributed by atoms with Crippen LogP contribution in [0.4, 0.5) is 0 Å². The molecule has 0 bridgehead atoms. The van der Waals surface area contributed by atoms with Crippen molar-refractivity contribution >= 4 is 17.9 Å². The second-order valence-electron chi connectivity index (χ2n) is 14.2. The smallest absolute Gasteiger partial charge is 0.362 e. The van der Waals surface area contributed by atoms with Crippen molar-refractivity contribution in [3.8, 4) is 0 Å². The number of carboxylic acids is 1. The molecule has 0 spiro atoms. The first kappa shape index (κ1) is 45.8. The van der Waals surface area contributed by atoms with Gasteiger partial charge in [-0.1, -0.05) is 122 Å². The maximum atomic E-state index is 12.6. The second kappa shape index (κ2) is 32.0. The molecule has 0 fully saturated rings. The zero-order valence-corrected chi connectivity index (χ0v) is 31.7. The summed E-state index contributed by atoms with van der Waals surface area (Å²) in [6.07, 6.45) is 32.4. The van der Waals surface area contributed by atoms with Crippen LogP contribution in [0.2, 0.25) is 0 Å².